The maximum Gasteiger partial charge on any atom is 0.0456 e. The van der Waals surface area contributed by atoms with Crippen LogP contribution in [0, 0.1) is 0 Å². The van der Waals surface area contributed by atoms with E-state index in [2.05, 4.69) is 10.2 Å². The molecular weight excluding hydrogens is 189 g/mol. The van der Waals surface area contributed by atoms with Crippen molar-refractivity contribution in [1.29, 1.82) is 0 Å². The summed E-state index contributed by atoms with van der Waals surface area (Å²) in [6, 6.07) is 0. The molecule has 0 radical (unpaired) electrons. The van der Waals surface area contributed by atoms with Crippen molar-refractivity contribution in [3.63, 3.8) is 0 Å². The van der Waals surface area contributed by atoms with Gasteiger partial charge in [0.2, 0.25) is 0 Å². The van der Waals surface area contributed by atoms with Crippen molar-refractivity contribution in [3.05, 3.63) is 0 Å². The van der Waals surface area contributed by atoms with Crippen molar-refractivity contribution in [2.45, 2.75) is 0 Å². The Morgan fingerprint density at radius 2 is 1.64 bits per heavy atom. The second kappa shape index (κ2) is 10.4. The van der Waals surface area contributed by atoms with Crippen LogP contribution < -0.4 is 11.1 Å². The summed E-state index contributed by atoms with van der Waals surface area (Å²) in [5.41, 5.74) is 5.40. The molecule has 0 saturated carbocycles. The Morgan fingerprint density at radius 1 is 1.18 bits per heavy atom. The van der Waals surface area contributed by atoms with E-state index in [1.807, 2.05) is 0 Å². The molecule has 1 heterocycles. The van der Waals surface area contributed by atoms with E-state index in [1.54, 1.807) is 0 Å². The summed E-state index contributed by atoms with van der Waals surface area (Å²) >= 11 is 0. The molecule has 0 bridgehead atoms. The second-order valence-corrected chi connectivity index (χ2v) is 2.05. The van der Waals surface area contributed by atoms with E-state index in [0.29, 0.717) is 6.67 Å². The molecule has 11 heavy (non-hydrogen) atoms. The lowest BCUT2D eigenvalue weighted by Gasteiger charge is -2.24. The first kappa shape index (κ1) is 17.5. The Morgan fingerprint density at radius 3 is 1.91 bits per heavy atom. The molecule has 1 saturated heterocycles. The third-order valence-electron chi connectivity index (χ3n) is 1.47. The number of nitrogens with two attached hydrogens (primary N) is 1. The predicted octanol–water partition coefficient (Wildman–Crippen LogP) is -1.17. The third-order valence-corrected chi connectivity index (χ3v) is 1.47. The lowest BCUT2D eigenvalue weighted by Crippen LogP contribution is -2.45. The van der Waals surface area contributed by atoms with E-state index in [-0.39, 0.29) is 30.3 Å². The van der Waals surface area contributed by atoms with Crippen molar-refractivity contribution >= 4 is 24.8 Å². The van der Waals surface area contributed by atoms with Crippen LogP contribution >= 0.6 is 24.8 Å². The van der Waals surface area contributed by atoms with E-state index in [4.69, 9.17) is 5.73 Å². The average Bonchev–Trinajstić information content (AvgIpc) is 1.90. The van der Waals surface area contributed by atoms with E-state index in [1.165, 1.54) is 0 Å². The minimum absolute atomic E-state index is 0. The average molecular weight is 206 g/mol. The van der Waals surface area contributed by atoms with Gasteiger partial charge in [0.1, 0.15) is 0 Å². The van der Waals surface area contributed by atoms with Crippen LogP contribution in [0.4, 0.5) is 0 Å². The topological polar surface area (TPSA) is 72.8 Å². The number of nitrogens with one attached hydrogen (secondary N) is 1. The molecule has 0 aliphatic carbocycles. The highest BCUT2D eigenvalue weighted by molar-refractivity contribution is 5.85. The molecule has 1 fully saturated rings. The molecule has 1 aliphatic rings. The lowest BCUT2D eigenvalue weighted by atomic mass is 10.4. The zero-order valence-corrected chi connectivity index (χ0v) is 8.01. The van der Waals surface area contributed by atoms with Gasteiger partial charge in [0.15, 0.2) is 0 Å². The van der Waals surface area contributed by atoms with Gasteiger partial charge < -0.3 is 16.5 Å². The summed E-state index contributed by atoms with van der Waals surface area (Å²) < 4.78 is 0. The SMILES string of the molecule is Cl.Cl.NCN1CCNCC1.O. The van der Waals surface area contributed by atoms with Crippen LogP contribution in [0.3, 0.4) is 0 Å². The summed E-state index contributed by atoms with van der Waals surface area (Å²) in [6.07, 6.45) is 0. The van der Waals surface area contributed by atoms with E-state index < -0.39 is 0 Å². The highest BCUT2D eigenvalue weighted by Gasteiger charge is 2.04. The zero-order chi connectivity index (χ0) is 5.82. The van der Waals surface area contributed by atoms with Crippen LogP contribution in [-0.2, 0) is 0 Å². The van der Waals surface area contributed by atoms with Gasteiger partial charge >= 0.3 is 0 Å². The van der Waals surface area contributed by atoms with Gasteiger partial charge in [-0.1, -0.05) is 0 Å². The Labute approximate surface area is 79.6 Å². The highest BCUT2D eigenvalue weighted by atomic mass is 35.5. The Hall–Kier alpha value is 0.420. The Kier molecular flexibility index (Phi) is 16.6. The molecule has 5 N–H and O–H groups in total. The largest absolute Gasteiger partial charge is 0.412 e. The van der Waals surface area contributed by atoms with Crippen molar-refractivity contribution in [2.75, 3.05) is 32.8 Å². The summed E-state index contributed by atoms with van der Waals surface area (Å²) in [5, 5.41) is 3.25. The molecule has 1 rings (SSSR count). The molecule has 1 aliphatic heterocycles. The molecule has 0 amide bonds. The normalized spacial score (nSPS) is 17.2. The molecule has 4 nitrogen and oxygen atoms in total. The fraction of sp³-hybridized carbons (Fsp3) is 1.00. The second-order valence-electron chi connectivity index (χ2n) is 2.05. The maximum atomic E-state index is 5.40. The molecule has 0 aromatic carbocycles. The Bertz CT molecular complexity index is 70.7. The van der Waals surface area contributed by atoms with Gasteiger partial charge in [-0.25, -0.2) is 0 Å². The monoisotopic (exact) mass is 205 g/mol. The highest BCUT2D eigenvalue weighted by Crippen LogP contribution is 1.85. The van der Waals surface area contributed by atoms with Crippen molar-refractivity contribution in [3.8, 4) is 0 Å². The van der Waals surface area contributed by atoms with Crippen LogP contribution in [0.15, 0.2) is 0 Å². The number of halogens is 2. The molecule has 0 aromatic heterocycles. The van der Waals surface area contributed by atoms with Gasteiger partial charge in [0, 0.05) is 32.8 Å². The van der Waals surface area contributed by atoms with Gasteiger partial charge in [-0.2, -0.15) is 0 Å². The van der Waals surface area contributed by atoms with Gasteiger partial charge in [-0.05, 0) is 0 Å². The first-order chi connectivity index (χ1) is 3.93. The molecule has 0 spiro atoms. The number of hydrogen-bond donors (Lipinski definition) is 2. The maximum absolute atomic E-state index is 5.40. The molecule has 72 valence electrons. The molecule has 0 aromatic rings. The molecule has 0 unspecified atom stereocenters. The number of rotatable bonds is 1. The fourth-order valence-corrected chi connectivity index (χ4v) is 0.894. The number of piperazine rings is 1. The molecule has 6 heteroatoms. The minimum atomic E-state index is 0. The fourth-order valence-electron chi connectivity index (χ4n) is 0.894. The van der Waals surface area contributed by atoms with E-state index >= 15 is 0 Å². The van der Waals surface area contributed by atoms with Crippen molar-refractivity contribution in [2.24, 2.45) is 5.73 Å². The summed E-state index contributed by atoms with van der Waals surface area (Å²) in [7, 11) is 0. The first-order valence-electron chi connectivity index (χ1n) is 3.06. The van der Waals surface area contributed by atoms with Gasteiger partial charge in [0.25, 0.3) is 0 Å². The molecular formula is C5H17Cl2N3O. The van der Waals surface area contributed by atoms with E-state index in [9.17, 15) is 0 Å². The van der Waals surface area contributed by atoms with Gasteiger partial charge in [-0.15, -0.1) is 24.8 Å². The number of nitrogens with zero attached hydrogens (tertiary/aromatic N) is 1. The van der Waals surface area contributed by atoms with Crippen molar-refractivity contribution in [1.82, 2.24) is 10.2 Å². The zero-order valence-electron chi connectivity index (χ0n) is 6.38. The number of hydrogen-bond acceptors (Lipinski definition) is 3. The minimum Gasteiger partial charge on any atom is -0.412 e. The van der Waals surface area contributed by atoms with E-state index in [0.717, 1.165) is 26.2 Å². The summed E-state index contributed by atoms with van der Waals surface area (Å²) in [6.45, 7) is 5.11. The van der Waals surface area contributed by atoms with Crippen LogP contribution in [0.5, 0.6) is 0 Å². The van der Waals surface area contributed by atoms with Crippen LogP contribution in [0.2, 0.25) is 0 Å². The van der Waals surface area contributed by atoms with Crippen LogP contribution in [-0.4, -0.2) is 43.2 Å². The predicted molar refractivity (Wildman–Crippen MR) is 51.6 cm³/mol. The molecule has 0 atom stereocenters. The third kappa shape index (κ3) is 6.80. The summed E-state index contributed by atoms with van der Waals surface area (Å²) in [4.78, 5) is 2.23. The van der Waals surface area contributed by atoms with Crippen LogP contribution in [0.25, 0.3) is 0 Å². The van der Waals surface area contributed by atoms with Crippen LogP contribution in [0.1, 0.15) is 0 Å². The smallest absolute Gasteiger partial charge is 0.0456 e. The first-order valence-corrected chi connectivity index (χ1v) is 3.06. The summed E-state index contributed by atoms with van der Waals surface area (Å²) in [5.74, 6) is 0. The standard InChI is InChI=1S/C5H13N3.2ClH.H2O/c6-5-8-3-1-7-2-4-8;;;/h7H,1-6H2;2*1H;1H2. The van der Waals surface area contributed by atoms with Gasteiger partial charge in [-0.3, -0.25) is 4.90 Å². The van der Waals surface area contributed by atoms with Crippen molar-refractivity contribution < 1.29 is 5.48 Å². The lowest BCUT2D eigenvalue weighted by molar-refractivity contribution is 0.247. The van der Waals surface area contributed by atoms with Gasteiger partial charge in [0.05, 0.1) is 0 Å². The quantitative estimate of drug-likeness (QED) is 0.567. The Balaban J connectivity index is -0.000000213.